The highest BCUT2D eigenvalue weighted by Crippen LogP contribution is 2.38. The Morgan fingerprint density at radius 2 is 1.33 bits per heavy atom. The van der Waals surface area contributed by atoms with Gasteiger partial charge in [0, 0.05) is 0 Å². The first-order valence-electron chi connectivity index (χ1n) is 2.92. The van der Waals surface area contributed by atoms with Gasteiger partial charge in [0.1, 0.15) is 0 Å². The lowest BCUT2D eigenvalue weighted by atomic mass is 10.1. The Bertz CT molecular complexity index is 86.7. The molecule has 56 valence electrons. The minimum atomic E-state index is -2.41. The van der Waals surface area contributed by atoms with E-state index >= 15 is 0 Å². The van der Waals surface area contributed by atoms with Gasteiger partial charge in [0.05, 0.1) is 0 Å². The van der Waals surface area contributed by atoms with E-state index in [9.17, 15) is 0 Å². The molecular weight excluding hydrogens is 194 g/mol. The summed E-state index contributed by atoms with van der Waals surface area (Å²) in [5, 5.41) is 0. The van der Waals surface area contributed by atoms with Crippen molar-refractivity contribution in [2.75, 3.05) is 0 Å². The molecule has 0 aromatic rings. The van der Waals surface area contributed by atoms with E-state index in [0.717, 1.165) is 0 Å². The van der Waals surface area contributed by atoms with E-state index in [-0.39, 0.29) is 5.54 Å². The van der Waals surface area contributed by atoms with E-state index < -0.39 is 6.00 Å². The van der Waals surface area contributed by atoms with E-state index in [4.69, 9.17) is 33.2 Å². The Balaban J connectivity index is 3.88. The molecule has 0 spiro atoms. The molecule has 0 aliphatic heterocycles. The molecule has 0 rings (SSSR count). The first-order chi connectivity index (χ1) is 3.85. The average molecular weight is 206 g/mol. The summed E-state index contributed by atoms with van der Waals surface area (Å²) < 4.78 is 0. The molecule has 0 aliphatic rings. The summed E-state index contributed by atoms with van der Waals surface area (Å²) >= 11 is 17.2. The van der Waals surface area contributed by atoms with Gasteiger partial charge in [0.25, 0.3) is 0 Å². The molecule has 0 N–H and O–H groups in total. The predicted molar refractivity (Wildman–Crippen MR) is 47.6 cm³/mol. The second-order valence-corrected chi connectivity index (χ2v) is 11.7. The number of hydrogen-bond acceptors (Lipinski definition) is 0. The lowest BCUT2D eigenvalue weighted by Gasteiger charge is -2.20. The van der Waals surface area contributed by atoms with Crippen molar-refractivity contribution in [3.05, 3.63) is 0 Å². The highest BCUT2D eigenvalue weighted by molar-refractivity contribution is 7.65. The van der Waals surface area contributed by atoms with Crippen LogP contribution in [0.1, 0.15) is 20.8 Å². The van der Waals surface area contributed by atoms with Gasteiger partial charge in [-0.05, 0) is 11.5 Å². The highest BCUT2D eigenvalue weighted by atomic mass is 35.8. The predicted octanol–water partition coefficient (Wildman–Crippen LogP) is 3.69. The quantitative estimate of drug-likeness (QED) is 0.477. The van der Waals surface area contributed by atoms with Crippen LogP contribution in [0.25, 0.3) is 0 Å². The number of hydrogen-bond donors (Lipinski definition) is 0. The largest absolute Gasteiger partial charge is 0.344 e. The van der Waals surface area contributed by atoms with Crippen LogP contribution in [0.4, 0.5) is 0 Å². The Kier molecular flexibility index (Phi) is 3.89. The summed E-state index contributed by atoms with van der Waals surface area (Å²) in [6, 6.07) is -2.41. The minimum Gasteiger partial charge on any atom is -0.126 e. The monoisotopic (exact) mass is 204 g/mol. The van der Waals surface area contributed by atoms with Crippen LogP contribution in [0, 0.1) is 5.92 Å². The fourth-order valence-corrected chi connectivity index (χ4v) is 3.40. The Morgan fingerprint density at radius 3 is 1.33 bits per heavy atom. The smallest absolute Gasteiger partial charge is 0.126 e. The van der Waals surface area contributed by atoms with Crippen molar-refractivity contribution in [1.82, 2.24) is 0 Å². The molecule has 9 heavy (non-hydrogen) atoms. The molecule has 0 fully saturated rings. The van der Waals surface area contributed by atoms with Gasteiger partial charge in [-0.3, -0.25) is 0 Å². The maximum absolute atomic E-state index is 5.75. The third-order valence-corrected chi connectivity index (χ3v) is 6.31. The number of rotatable bonds is 2. The summed E-state index contributed by atoms with van der Waals surface area (Å²) in [4.78, 5) is 0. The van der Waals surface area contributed by atoms with Crippen molar-refractivity contribution >= 4 is 39.2 Å². The fourth-order valence-electron chi connectivity index (χ4n) is 0.378. The van der Waals surface area contributed by atoms with Crippen molar-refractivity contribution < 1.29 is 0 Å². The molecule has 0 aromatic heterocycles. The molecule has 4 heteroatoms. The van der Waals surface area contributed by atoms with Gasteiger partial charge in [-0.2, -0.15) is 0 Å². The topological polar surface area (TPSA) is 0 Å². The van der Waals surface area contributed by atoms with Crippen molar-refractivity contribution in [2.45, 2.75) is 26.3 Å². The lowest BCUT2D eigenvalue weighted by Crippen LogP contribution is -2.21. The summed E-state index contributed by atoms with van der Waals surface area (Å²) in [5.74, 6) is 0.476. The highest BCUT2D eigenvalue weighted by Gasteiger charge is 2.34. The molecule has 0 aliphatic carbocycles. The second kappa shape index (κ2) is 3.47. The molecule has 0 amide bonds. The van der Waals surface area contributed by atoms with Crippen molar-refractivity contribution in [3.63, 3.8) is 0 Å². The Morgan fingerprint density at radius 1 is 1.00 bits per heavy atom. The molecule has 0 bridgehead atoms. The first kappa shape index (κ1) is 10.1. The van der Waals surface area contributed by atoms with Crippen molar-refractivity contribution in [1.29, 1.82) is 0 Å². The van der Waals surface area contributed by atoms with Gasteiger partial charge in [0.15, 0.2) is 0 Å². The van der Waals surface area contributed by atoms with E-state index in [1.54, 1.807) is 0 Å². The Hall–Kier alpha value is 1.09. The van der Waals surface area contributed by atoms with Crippen LogP contribution in [0.2, 0.25) is 5.54 Å². The van der Waals surface area contributed by atoms with Crippen LogP contribution in [0.3, 0.4) is 0 Å². The minimum absolute atomic E-state index is 0.252. The molecule has 0 radical (unpaired) electrons. The van der Waals surface area contributed by atoms with Gasteiger partial charge in [-0.15, -0.1) is 33.2 Å². The third-order valence-electron chi connectivity index (χ3n) is 1.52. The number of halogens is 3. The van der Waals surface area contributed by atoms with Crippen LogP contribution in [-0.4, -0.2) is 6.00 Å². The molecule has 0 aromatic carbocycles. The van der Waals surface area contributed by atoms with E-state index in [1.807, 2.05) is 6.92 Å². The maximum atomic E-state index is 5.75. The van der Waals surface area contributed by atoms with Crippen LogP contribution >= 0.6 is 33.2 Å². The maximum Gasteiger partial charge on any atom is 0.344 e. The average Bonchev–Trinajstić information content (AvgIpc) is 1.62. The SMILES string of the molecule is CC(C)C(C)[Si](Cl)(Cl)Cl. The standard InChI is InChI=1S/C5H11Cl3Si/c1-4(2)5(3)9(6,7)8/h4-5H,1-3H3. The summed E-state index contributed by atoms with van der Waals surface area (Å²) in [6.07, 6.45) is 0. The molecule has 0 saturated heterocycles. The van der Waals surface area contributed by atoms with Crippen LogP contribution in [0.15, 0.2) is 0 Å². The van der Waals surface area contributed by atoms with Gasteiger partial charge in [-0.25, -0.2) is 0 Å². The van der Waals surface area contributed by atoms with Gasteiger partial charge in [0.2, 0.25) is 0 Å². The summed E-state index contributed by atoms with van der Waals surface area (Å²) in [7, 11) is 0. The van der Waals surface area contributed by atoms with E-state index in [0.29, 0.717) is 5.92 Å². The fraction of sp³-hybridized carbons (Fsp3) is 1.00. The molecule has 1 unspecified atom stereocenters. The first-order valence-corrected chi connectivity index (χ1v) is 8.03. The van der Waals surface area contributed by atoms with E-state index in [2.05, 4.69) is 13.8 Å². The van der Waals surface area contributed by atoms with Crippen LogP contribution < -0.4 is 0 Å². The molecule has 0 heterocycles. The zero-order chi connectivity index (χ0) is 7.65. The lowest BCUT2D eigenvalue weighted by molar-refractivity contribution is 0.619. The van der Waals surface area contributed by atoms with Gasteiger partial charge < -0.3 is 0 Å². The second-order valence-electron chi connectivity index (χ2n) is 2.57. The summed E-state index contributed by atoms with van der Waals surface area (Å²) in [5.41, 5.74) is 0.252. The zero-order valence-corrected chi connectivity index (χ0v) is 9.06. The zero-order valence-electron chi connectivity index (χ0n) is 5.79. The Labute approximate surface area is 71.6 Å². The van der Waals surface area contributed by atoms with Crippen LogP contribution in [0.5, 0.6) is 0 Å². The molecule has 0 saturated carbocycles. The van der Waals surface area contributed by atoms with Crippen LogP contribution in [-0.2, 0) is 0 Å². The molecule has 1 atom stereocenters. The van der Waals surface area contributed by atoms with Crippen molar-refractivity contribution in [3.8, 4) is 0 Å². The molecular formula is C5H11Cl3Si. The normalized spacial score (nSPS) is 16.3. The van der Waals surface area contributed by atoms with Crippen molar-refractivity contribution in [2.24, 2.45) is 5.92 Å². The third kappa shape index (κ3) is 3.71. The molecule has 0 nitrogen and oxygen atoms in total. The van der Waals surface area contributed by atoms with Gasteiger partial charge >= 0.3 is 6.00 Å². The summed E-state index contributed by atoms with van der Waals surface area (Å²) in [6.45, 7) is 6.13. The van der Waals surface area contributed by atoms with Gasteiger partial charge in [-0.1, -0.05) is 20.8 Å². The van der Waals surface area contributed by atoms with E-state index in [1.165, 1.54) is 0 Å².